The van der Waals surface area contributed by atoms with Crippen molar-refractivity contribution in [3.8, 4) is 11.5 Å². The van der Waals surface area contributed by atoms with Gasteiger partial charge in [0.05, 0.1) is 19.8 Å². The van der Waals surface area contributed by atoms with E-state index in [4.69, 9.17) is 9.47 Å². The molecule has 132 valence electrons. The van der Waals surface area contributed by atoms with Crippen LogP contribution in [0.2, 0.25) is 0 Å². The molecule has 0 aliphatic carbocycles. The van der Waals surface area contributed by atoms with E-state index in [0.717, 1.165) is 11.3 Å². The van der Waals surface area contributed by atoms with Crippen LogP contribution in [-0.4, -0.2) is 35.8 Å². The van der Waals surface area contributed by atoms with Gasteiger partial charge in [-0.2, -0.15) is 0 Å². The summed E-state index contributed by atoms with van der Waals surface area (Å²) >= 11 is 1.41. The van der Waals surface area contributed by atoms with Gasteiger partial charge in [0, 0.05) is 24.0 Å². The summed E-state index contributed by atoms with van der Waals surface area (Å²) in [7, 11) is 3.12. The van der Waals surface area contributed by atoms with E-state index in [1.165, 1.54) is 11.8 Å². The molecule has 0 spiro atoms. The molecule has 0 saturated heterocycles. The lowest BCUT2D eigenvalue weighted by atomic mass is 9.86. The van der Waals surface area contributed by atoms with Crippen LogP contribution >= 0.6 is 11.8 Å². The fraction of sp³-hybridized carbons (Fsp3) is 0.353. The molecule has 2 aromatic rings. The number of hydrogen-bond donors (Lipinski definition) is 2. The number of hydrogen-bond acceptors (Lipinski definition) is 6. The van der Waals surface area contributed by atoms with Crippen molar-refractivity contribution in [2.24, 2.45) is 0 Å². The first-order chi connectivity index (χ1) is 12.1. The Morgan fingerprint density at radius 3 is 2.76 bits per heavy atom. The molecule has 2 heterocycles. The van der Waals surface area contributed by atoms with Crippen molar-refractivity contribution in [3.63, 3.8) is 0 Å². The molecule has 1 aliphatic rings. The molecular weight excluding hydrogens is 342 g/mol. The largest absolute Gasteiger partial charge is 0.497 e. The van der Waals surface area contributed by atoms with Crippen LogP contribution < -0.4 is 20.3 Å². The van der Waals surface area contributed by atoms with Crippen LogP contribution in [0.1, 0.15) is 30.4 Å². The second-order valence-corrected chi connectivity index (χ2v) is 6.73. The second-order valence-electron chi connectivity index (χ2n) is 5.48. The molecule has 0 bridgehead atoms. The van der Waals surface area contributed by atoms with Gasteiger partial charge in [0.2, 0.25) is 5.91 Å². The Labute approximate surface area is 149 Å². The molecule has 25 heavy (non-hydrogen) atoms. The Kier molecular flexibility index (Phi) is 4.98. The average molecular weight is 361 g/mol. The molecule has 1 atom stereocenters. The number of nitrogens with one attached hydrogen (secondary N) is 2. The van der Waals surface area contributed by atoms with Gasteiger partial charge in [-0.25, -0.2) is 4.98 Å². The number of aromatic nitrogens is 2. The van der Waals surface area contributed by atoms with Crippen LogP contribution in [0.3, 0.4) is 0 Å². The number of amides is 1. The summed E-state index contributed by atoms with van der Waals surface area (Å²) in [4.78, 5) is 32.0. The first-order valence-electron chi connectivity index (χ1n) is 7.86. The monoisotopic (exact) mass is 361 g/mol. The van der Waals surface area contributed by atoms with Crippen molar-refractivity contribution in [2.45, 2.75) is 24.4 Å². The minimum atomic E-state index is -0.429. The highest BCUT2D eigenvalue weighted by atomic mass is 32.2. The SMILES string of the molecule is CCSc1nc2c(c(=O)[nH]1)[C@H](c1ccc(OC)cc1OC)CC(=O)N2. The predicted octanol–water partition coefficient (Wildman–Crippen LogP) is 2.37. The van der Waals surface area contributed by atoms with Gasteiger partial charge in [-0.1, -0.05) is 24.8 Å². The highest BCUT2D eigenvalue weighted by Crippen LogP contribution is 2.39. The Balaban J connectivity index is 2.14. The van der Waals surface area contributed by atoms with Gasteiger partial charge < -0.3 is 19.8 Å². The molecule has 3 rings (SSSR count). The average Bonchev–Trinajstić information content (AvgIpc) is 2.60. The molecule has 0 fully saturated rings. The predicted molar refractivity (Wildman–Crippen MR) is 95.9 cm³/mol. The molecular formula is C17H19N3O4S. The van der Waals surface area contributed by atoms with Crippen LogP contribution in [0.4, 0.5) is 5.82 Å². The van der Waals surface area contributed by atoms with Crippen LogP contribution in [0.5, 0.6) is 11.5 Å². The summed E-state index contributed by atoms with van der Waals surface area (Å²) in [5, 5.41) is 3.20. The van der Waals surface area contributed by atoms with Crippen LogP contribution in [0, 0.1) is 0 Å². The van der Waals surface area contributed by atoms with Gasteiger partial charge in [-0.05, 0) is 11.8 Å². The van der Waals surface area contributed by atoms with E-state index in [9.17, 15) is 9.59 Å². The smallest absolute Gasteiger partial charge is 0.257 e. The summed E-state index contributed by atoms with van der Waals surface area (Å²) in [5.41, 5.74) is 0.954. The fourth-order valence-corrected chi connectivity index (χ4v) is 3.52. The number of carbonyl (C=O) groups excluding carboxylic acids is 1. The Morgan fingerprint density at radius 2 is 2.08 bits per heavy atom. The molecule has 0 radical (unpaired) electrons. The van der Waals surface area contributed by atoms with Crippen molar-refractivity contribution in [1.29, 1.82) is 0 Å². The normalized spacial score (nSPS) is 16.1. The number of methoxy groups -OCH3 is 2. The second kappa shape index (κ2) is 7.18. The Hall–Kier alpha value is -2.48. The summed E-state index contributed by atoms with van der Waals surface area (Å²) < 4.78 is 10.7. The van der Waals surface area contributed by atoms with Gasteiger partial charge in [0.15, 0.2) is 5.16 Å². The number of rotatable bonds is 5. The number of fused-ring (bicyclic) bond motifs is 1. The molecule has 0 unspecified atom stereocenters. The third kappa shape index (κ3) is 3.34. The number of anilines is 1. The van der Waals surface area contributed by atoms with E-state index in [1.54, 1.807) is 26.4 Å². The highest BCUT2D eigenvalue weighted by Gasteiger charge is 2.32. The van der Waals surface area contributed by atoms with Crippen LogP contribution in [-0.2, 0) is 4.79 Å². The maximum Gasteiger partial charge on any atom is 0.257 e. The van der Waals surface area contributed by atoms with E-state index in [-0.39, 0.29) is 17.9 Å². The molecule has 8 heteroatoms. The van der Waals surface area contributed by atoms with Crippen molar-refractivity contribution in [3.05, 3.63) is 39.7 Å². The van der Waals surface area contributed by atoms with E-state index in [1.807, 2.05) is 13.0 Å². The van der Waals surface area contributed by atoms with Gasteiger partial charge in [-0.15, -0.1) is 0 Å². The van der Waals surface area contributed by atoms with Gasteiger partial charge in [0.1, 0.15) is 17.3 Å². The lowest BCUT2D eigenvalue weighted by Crippen LogP contribution is -2.31. The van der Waals surface area contributed by atoms with Gasteiger partial charge in [0.25, 0.3) is 5.56 Å². The number of ether oxygens (including phenoxy) is 2. The van der Waals surface area contributed by atoms with Crippen molar-refractivity contribution in [2.75, 3.05) is 25.3 Å². The number of thioether (sulfide) groups is 1. The zero-order valence-electron chi connectivity index (χ0n) is 14.2. The van der Waals surface area contributed by atoms with Crippen molar-refractivity contribution in [1.82, 2.24) is 9.97 Å². The van der Waals surface area contributed by atoms with E-state index >= 15 is 0 Å². The van der Waals surface area contributed by atoms with E-state index < -0.39 is 5.92 Å². The maximum absolute atomic E-state index is 12.6. The van der Waals surface area contributed by atoms with E-state index in [2.05, 4.69) is 15.3 Å². The quantitative estimate of drug-likeness (QED) is 0.627. The Morgan fingerprint density at radius 1 is 1.28 bits per heavy atom. The topological polar surface area (TPSA) is 93.3 Å². The number of H-pyrrole nitrogens is 1. The Bertz CT molecular complexity index is 865. The summed E-state index contributed by atoms with van der Waals surface area (Å²) in [6.45, 7) is 1.97. The minimum absolute atomic E-state index is 0.153. The first-order valence-corrected chi connectivity index (χ1v) is 8.84. The summed E-state index contributed by atoms with van der Waals surface area (Å²) in [6, 6.07) is 5.34. The molecule has 7 nitrogen and oxygen atoms in total. The molecule has 2 N–H and O–H groups in total. The van der Waals surface area contributed by atoms with E-state index in [0.29, 0.717) is 28.0 Å². The minimum Gasteiger partial charge on any atom is -0.497 e. The molecule has 1 aromatic carbocycles. The third-order valence-electron chi connectivity index (χ3n) is 4.03. The maximum atomic E-state index is 12.6. The zero-order valence-corrected chi connectivity index (χ0v) is 15.0. The summed E-state index contributed by atoms with van der Waals surface area (Å²) in [5.74, 6) is 1.69. The van der Waals surface area contributed by atoms with Crippen molar-refractivity contribution < 1.29 is 14.3 Å². The third-order valence-corrected chi connectivity index (χ3v) is 4.78. The number of carbonyl (C=O) groups is 1. The van der Waals surface area contributed by atoms with Crippen molar-refractivity contribution >= 4 is 23.5 Å². The standard InChI is InChI=1S/C17H19N3O4S/c1-4-25-17-19-15-14(16(22)20-17)11(8-13(21)18-15)10-6-5-9(23-2)7-12(10)24-3/h5-7,11H,4,8H2,1-3H3,(H2,18,19,20,21,22)/t11-/m0/s1. The molecule has 1 aliphatic heterocycles. The molecule has 1 aromatic heterocycles. The first kappa shape index (κ1) is 17.3. The summed E-state index contributed by atoms with van der Waals surface area (Å²) in [6.07, 6.45) is 0.153. The number of nitrogens with zero attached hydrogens (tertiary/aromatic N) is 1. The molecule has 1 amide bonds. The van der Waals surface area contributed by atoms with Crippen LogP contribution in [0.25, 0.3) is 0 Å². The zero-order chi connectivity index (χ0) is 18.0. The highest BCUT2D eigenvalue weighted by molar-refractivity contribution is 7.99. The van der Waals surface area contributed by atoms with Gasteiger partial charge >= 0.3 is 0 Å². The fourth-order valence-electron chi connectivity index (χ4n) is 2.93. The lowest BCUT2D eigenvalue weighted by molar-refractivity contribution is -0.116. The van der Waals surface area contributed by atoms with Crippen LogP contribution in [0.15, 0.2) is 28.2 Å². The lowest BCUT2D eigenvalue weighted by Gasteiger charge is -2.25. The number of benzene rings is 1. The van der Waals surface area contributed by atoms with Gasteiger partial charge in [-0.3, -0.25) is 9.59 Å². The number of aromatic amines is 1. The molecule has 0 saturated carbocycles.